The zero-order chi connectivity index (χ0) is 18.8. The highest BCUT2D eigenvalue weighted by Gasteiger charge is 2.22. The van der Waals surface area contributed by atoms with Gasteiger partial charge in [0.2, 0.25) is 0 Å². The SMILES string of the molecule is CCCCOC(=O)N1CCN(c2ccc(C=CC(=O)OCC)cc2)CC1. The Morgan fingerprint density at radius 1 is 1.04 bits per heavy atom. The summed E-state index contributed by atoms with van der Waals surface area (Å²) in [5.74, 6) is -0.335. The maximum atomic E-state index is 12.0. The summed E-state index contributed by atoms with van der Waals surface area (Å²) in [5.41, 5.74) is 2.05. The first-order valence-electron chi connectivity index (χ1n) is 9.25. The van der Waals surface area contributed by atoms with Gasteiger partial charge >= 0.3 is 12.1 Å². The van der Waals surface area contributed by atoms with Crippen molar-refractivity contribution in [2.75, 3.05) is 44.3 Å². The molecule has 0 aromatic heterocycles. The van der Waals surface area contributed by atoms with Crippen molar-refractivity contribution in [3.8, 4) is 0 Å². The van der Waals surface area contributed by atoms with Crippen molar-refractivity contribution in [3.05, 3.63) is 35.9 Å². The molecule has 0 bridgehead atoms. The van der Waals surface area contributed by atoms with Gasteiger partial charge in [0.15, 0.2) is 0 Å². The van der Waals surface area contributed by atoms with Crippen molar-refractivity contribution < 1.29 is 19.1 Å². The van der Waals surface area contributed by atoms with Crippen LogP contribution in [0.25, 0.3) is 6.08 Å². The Morgan fingerprint density at radius 2 is 1.73 bits per heavy atom. The van der Waals surface area contributed by atoms with Gasteiger partial charge in [-0.15, -0.1) is 0 Å². The lowest BCUT2D eigenvalue weighted by atomic mass is 10.1. The molecule has 1 amide bonds. The van der Waals surface area contributed by atoms with E-state index >= 15 is 0 Å². The zero-order valence-corrected chi connectivity index (χ0v) is 15.6. The summed E-state index contributed by atoms with van der Waals surface area (Å²) < 4.78 is 10.1. The van der Waals surface area contributed by atoms with Crippen LogP contribution in [0.2, 0.25) is 0 Å². The van der Waals surface area contributed by atoms with Gasteiger partial charge < -0.3 is 19.3 Å². The number of nitrogens with zero attached hydrogens (tertiary/aromatic N) is 2. The molecular weight excluding hydrogens is 332 g/mol. The largest absolute Gasteiger partial charge is 0.463 e. The Balaban J connectivity index is 1.82. The van der Waals surface area contributed by atoms with Gasteiger partial charge in [-0.2, -0.15) is 0 Å². The van der Waals surface area contributed by atoms with Crippen molar-refractivity contribution in [3.63, 3.8) is 0 Å². The van der Waals surface area contributed by atoms with Crippen molar-refractivity contribution in [1.29, 1.82) is 0 Å². The van der Waals surface area contributed by atoms with Crippen LogP contribution < -0.4 is 4.90 Å². The molecule has 142 valence electrons. The Hall–Kier alpha value is -2.50. The van der Waals surface area contributed by atoms with Crippen LogP contribution in [0.1, 0.15) is 32.3 Å². The van der Waals surface area contributed by atoms with Crippen molar-refractivity contribution in [1.82, 2.24) is 4.90 Å². The Bertz CT molecular complexity index is 605. The van der Waals surface area contributed by atoms with E-state index in [0.29, 0.717) is 26.3 Å². The Labute approximate surface area is 155 Å². The molecule has 1 saturated heterocycles. The molecule has 0 aliphatic carbocycles. The number of unbranched alkanes of at least 4 members (excludes halogenated alkanes) is 1. The fraction of sp³-hybridized carbons (Fsp3) is 0.500. The summed E-state index contributed by atoms with van der Waals surface area (Å²) in [5, 5.41) is 0. The van der Waals surface area contributed by atoms with E-state index in [2.05, 4.69) is 11.8 Å². The number of carbonyl (C=O) groups excluding carboxylic acids is 2. The van der Waals surface area contributed by atoms with Crippen LogP contribution in [0.4, 0.5) is 10.5 Å². The van der Waals surface area contributed by atoms with Crippen LogP contribution in [0.3, 0.4) is 0 Å². The van der Waals surface area contributed by atoms with Crippen molar-refractivity contribution in [2.45, 2.75) is 26.7 Å². The van der Waals surface area contributed by atoms with Gasteiger partial charge in [0.1, 0.15) is 0 Å². The number of rotatable bonds is 7. The highest BCUT2D eigenvalue weighted by atomic mass is 16.6. The maximum Gasteiger partial charge on any atom is 0.409 e. The van der Waals surface area contributed by atoms with Gasteiger partial charge in [-0.05, 0) is 37.1 Å². The molecule has 0 unspecified atom stereocenters. The Morgan fingerprint density at radius 3 is 2.35 bits per heavy atom. The molecule has 0 spiro atoms. The van der Waals surface area contributed by atoms with E-state index in [4.69, 9.17) is 9.47 Å². The lowest BCUT2D eigenvalue weighted by Crippen LogP contribution is -2.49. The highest BCUT2D eigenvalue weighted by Crippen LogP contribution is 2.18. The predicted molar refractivity (Wildman–Crippen MR) is 102 cm³/mol. The van der Waals surface area contributed by atoms with Crippen LogP contribution in [0.15, 0.2) is 30.3 Å². The number of piperazine rings is 1. The summed E-state index contributed by atoms with van der Waals surface area (Å²) in [7, 11) is 0. The summed E-state index contributed by atoms with van der Waals surface area (Å²) in [6, 6.07) is 7.99. The van der Waals surface area contributed by atoms with Gasteiger partial charge in [-0.1, -0.05) is 25.5 Å². The van der Waals surface area contributed by atoms with Crippen LogP contribution in [-0.4, -0.2) is 56.4 Å². The molecular formula is C20H28N2O4. The maximum absolute atomic E-state index is 12.0. The molecule has 1 aliphatic heterocycles. The van der Waals surface area contributed by atoms with E-state index in [-0.39, 0.29) is 12.1 Å². The second kappa shape index (κ2) is 10.5. The first kappa shape index (κ1) is 19.8. The van der Waals surface area contributed by atoms with E-state index in [1.807, 2.05) is 24.3 Å². The molecule has 0 radical (unpaired) electrons. The van der Waals surface area contributed by atoms with E-state index in [9.17, 15) is 9.59 Å². The van der Waals surface area contributed by atoms with Crippen molar-refractivity contribution in [2.24, 2.45) is 0 Å². The molecule has 0 atom stereocenters. The van der Waals surface area contributed by atoms with Crippen LogP contribution in [0, 0.1) is 0 Å². The smallest absolute Gasteiger partial charge is 0.409 e. The molecule has 26 heavy (non-hydrogen) atoms. The third-order valence-electron chi connectivity index (χ3n) is 4.22. The summed E-state index contributed by atoms with van der Waals surface area (Å²) >= 11 is 0. The lowest BCUT2D eigenvalue weighted by Gasteiger charge is -2.35. The first-order chi connectivity index (χ1) is 12.6. The molecule has 0 N–H and O–H groups in total. The Kier molecular flexibility index (Phi) is 7.99. The van der Waals surface area contributed by atoms with Gasteiger partial charge in [0.25, 0.3) is 0 Å². The molecule has 1 fully saturated rings. The monoisotopic (exact) mass is 360 g/mol. The summed E-state index contributed by atoms with van der Waals surface area (Å²) in [4.78, 5) is 27.3. The highest BCUT2D eigenvalue weighted by molar-refractivity contribution is 5.87. The number of carbonyl (C=O) groups is 2. The number of amides is 1. The number of anilines is 1. The van der Waals surface area contributed by atoms with Gasteiger partial charge in [-0.3, -0.25) is 0 Å². The molecule has 6 heteroatoms. The fourth-order valence-corrected chi connectivity index (χ4v) is 2.69. The molecule has 1 aromatic carbocycles. The fourth-order valence-electron chi connectivity index (χ4n) is 2.69. The molecule has 6 nitrogen and oxygen atoms in total. The third kappa shape index (κ3) is 6.10. The molecule has 1 heterocycles. The second-order valence-corrected chi connectivity index (χ2v) is 6.12. The van der Waals surface area contributed by atoms with Gasteiger partial charge in [0, 0.05) is 37.9 Å². The quantitative estimate of drug-likeness (QED) is 0.424. The molecule has 0 saturated carbocycles. The average molecular weight is 360 g/mol. The van der Waals surface area contributed by atoms with E-state index in [0.717, 1.165) is 37.2 Å². The number of hydrogen-bond acceptors (Lipinski definition) is 5. The second-order valence-electron chi connectivity index (χ2n) is 6.12. The number of esters is 1. The minimum Gasteiger partial charge on any atom is -0.463 e. The van der Waals surface area contributed by atoms with Crippen LogP contribution >= 0.6 is 0 Å². The summed E-state index contributed by atoms with van der Waals surface area (Å²) in [6.07, 6.45) is 4.89. The van der Waals surface area contributed by atoms with Gasteiger partial charge in [0.05, 0.1) is 13.2 Å². The number of benzene rings is 1. The molecule has 1 aliphatic rings. The zero-order valence-electron chi connectivity index (χ0n) is 15.6. The lowest BCUT2D eigenvalue weighted by molar-refractivity contribution is -0.137. The summed E-state index contributed by atoms with van der Waals surface area (Å²) in [6.45, 7) is 7.61. The molecule has 2 rings (SSSR count). The topological polar surface area (TPSA) is 59.1 Å². The minimum absolute atomic E-state index is 0.211. The minimum atomic E-state index is -0.335. The number of ether oxygens (including phenoxy) is 2. The normalized spacial score (nSPS) is 14.5. The first-order valence-corrected chi connectivity index (χ1v) is 9.25. The standard InChI is InChI=1S/C20H28N2O4/c1-3-5-16-26-20(24)22-14-12-21(13-15-22)18-9-6-17(7-10-18)8-11-19(23)25-4-2/h6-11H,3-5,12-16H2,1-2H3. The number of hydrogen-bond donors (Lipinski definition) is 0. The average Bonchev–Trinajstić information content (AvgIpc) is 2.67. The predicted octanol–water partition coefficient (Wildman–Crippen LogP) is 3.32. The van der Waals surface area contributed by atoms with Crippen LogP contribution in [-0.2, 0) is 14.3 Å². The van der Waals surface area contributed by atoms with E-state index < -0.39 is 0 Å². The molecule has 1 aromatic rings. The van der Waals surface area contributed by atoms with Gasteiger partial charge in [-0.25, -0.2) is 9.59 Å². The van der Waals surface area contributed by atoms with Crippen LogP contribution in [0.5, 0.6) is 0 Å². The van der Waals surface area contributed by atoms with E-state index in [1.165, 1.54) is 6.08 Å². The third-order valence-corrected chi connectivity index (χ3v) is 4.22. The van der Waals surface area contributed by atoms with E-state index in [1.54, 1.807) is 17.9 Å². The van der Waals surface area contributed by atoms with Crippen molar-refractivity contribution >= 4 is 23.8 Å².